The van der Waals surface area contributed by atoms with Gasteiger partial charge in [-0.1, -0.05) is 0 Å². The van der Waals surface area contributed by atoms with E-state index in [0.717, 1.165) is 16.7 Å². The van der Waals surface area contributed by atoms with Crippen molar-refractivity contribution >= 4 is 11.8 Å². The molecule has 0 aromatic heterocycles. The molecule has 0 atom stereocenters. The molecule has 1 heterocycles. The van der Waals surface area contributed by atoms with Crippen LogP contribution in [0.3, 0.4) is 0 Å². The smallest absolute Gasteiger partial charge is 0.253 e. The third-order valence-electron chi connectivity index (χ3n) is 1.68. The molecule has 74 valence electrons. The largest absolute Gasteiger partial charge is 0.454 e. The van der Waals surface area contributed by atoms with Crippen LogP contribution in [0.25, 0.3) is 0 Å². The maximum Gasteiger partial charge on any atom is 0.253 e. The number of hydrogen-bond donors (Lipinski definition) is 0. The average molecular weight is 213 g/mol. The molecule has 1 aliphatic rings. The predicted molar refractivity (Wildman–Crippen MR) is 50.3 cm³/mol. The lowest BCUT2D eigenvalue weighted by Gasteiger charge is -1.98. The molecule has 0 bridgehead atoms. The molecular weight excluding hydrogens is 206 g/mol. The van der Waals surface area contributed by atoms with Crippen LogP contribution in [0.15, 0.2) is 23.1 Å². The van der Waals surface area contributed by atoms with Crippen LogP contribution in [0.4, 0.5) is 0 Å². The Labute approximate surface area is 84.2 Å². The first-order valence-corrected chi connectivity index (χ1v) is 4.88. The Balaban J connectivity index is 2.09. The Kier molecular flexibility index (Phi) is 2.45. The number of thioether (sulfide) groups is 1. The summed E-state index contributed by atoms with van der Waals surface area (Å²) in [5.41, 5.74) is 0. The van der Waals surface area contributed by atoms with Gasteiger partial charge in [0.05, 0.1) is 0 Å². The van der Waals surface area contributed by atoms with Gasteiger partial charge in [0.15, 0.2) is 11.5 Å². The van der Waals surface area contributed by atoms with Gasteiger partial charge in [0.1, 0.15) is 0 Å². The maximum absolute atomic E-state index is 10.1. The molecule has 2 rings (SSSR count). The van der Waals surface area contributed by atoms with Crippen molar-refractivity contribution in [2.45, 2.75) is 4.90 Å². The van der Waals surface area contributed by atoms with Crippen molar-refractivity contribution < 1.29 is 14.4 Å². The molecule has 1 aliphatic heterocycles. The summed E-state index contributed by atoms with van der Waals surface area (Å²) in [7, 11) is 0. The molecular formula is C8H7NO4S. The lowest BCUT2D eigenvalue weighted by Crippen LogP contribution is -1.94. The minimum atomic E-state index is -0.366. The van der Waals surface area contributed by atoms with E-state index in [9.17, 15) is 10.1 Å². The van der Waals surface area contributed by atoms with E-state index in [1.807, 2.05) is 0 Å². The third-order valence-corrected chi connectivity index (χ3v) is 2.61. The molecule has 0 radical (unpaired) electrons. The van der Waals surface area contributed by atoms with E-state index in [0.29, 0.717) is 11.5 Å². The summed E-state index contributed by atoms with van der Waals surface area (Å²) in [6.45, 7) is 0.221. The van der Waals surface area contributed by atoms with Crippen molar-refractivity contribution in [2.75, 3.05) is 12.7 Å². The van der Waals surface area contributed by atoms with Gasteiger partial charge < -0.3 is 9.47 Å². The van der Waals surface area contributed by atoms with Crippen molar-refractivity contribution in [3.63, 3.8) is 0 Å². The molecule has 0 saturated carbocycles. The molecule has 1 aromatic carbocycles. The first kappa shape index (κ1) is 9.14. The van der Waals surface area contributed by atoms with Crippen LogP contribution in [0.5, 0.6) is 11.5 Å². The summed E-state index contributed by atoms with van der Waals surface area (Å²) in [4.78, 5) is 10.6. The topological polar surface area (TPSA) is 61.6 Å². The fraction of sp³-hybridized carbons (Fsp3) is 0.250. The zero-order valence-corrected chi connectivity index (χ0v) is 7.95. The second kappa shape index (κ2) is 3.75. The molecule has 6 heteroatoms. The van der Waals surface area contributed by atoms with E-state index in [1.54, 1.807) is 18.2 Å². The van der Waals surface area contributed by atoms with Crippen molar-refractivity contribution in [1.29, 1.82) is 0 Å². The Morgan fingerprint density at radius 2 is 2.21 bits per heavy atom. The number of benzene rings is 1. The summed E-state index contributed by atoms with van der Waals surface area (Å²) < 4.78 is 10.3. The molecule has 0 saturated heterocycles. The fourth-order valence-corrected chi connectivity index (χ4v) is 1.70. The Hall–Kier alpha value is -1.43. The molecule has 14 heavy (non-hydrogen) atoms. The van der Waals surface area contributed by atoms with Crippen LogP contribution in [0.2, 0.25) is 0 Å². The Bertz CT molecular complexity index is 368. The molecule has 0 amide bonds. The van der Waals surface area contributed by atoms with Crippen LogP contribution in [-0.4, -0.2) is 17.6 Å². The lowest BCUT2D eigenvalue weighted by molar-refractivity contribution is -0.456. The van der Waals surface area contributed by atoms with Crippen molar-refractivity contribution in [3.8, 4) is 11.5 Å². The summed E-state index contributed by atoms with van der Waals surface area (Å²) in [5.74, 6) is 1.20. The van der Waals surface area contributed by atoms with Crippen molar-refractivity contribution in [2.24, 2.45) is 0 Å². The number of rotatable bonds is 3. The number of hydrogen-bond acceptors (Lipinski definition) is 5. The average Bonchev–Trinajstić information content (AvgIpc) is 2.61. The summed E-state index contributed by atoms with van der Waals surface area (Å²) in [6, 6.07) is 5.28. The lowest BCUT2D eigenvalue weighted by atomic mass is 10.3. The van der Waals surface area contributed by atoms with Crippen LogP contribution in [-0.2, 0) is 0 Å². The van der Waals surface area contributed by atoms with E-state index in [-0.39, 0.29) is 17.6 Å². The zero-order chi connectivity index (χ0) is 9.97. The van der Waals surface area contributed by atoms with E-state index in [2.05, 4.69) is 0 Å². The highest BCUT2D eigenvalue weighted by Gasteiger charge is 2.13. The summed E-state index contributed by atoms with van der Waals surface area (Å²) >= 11 is 1.16. The molecule has 5 nitrogen and oxygen atoms in total. The number of nitro groups is 1. The van der Waals surface area contributed by atoms with Crippen molar-refractivity contribution in [1.82, 2.24) is 0 Å². The Morgan fingerprint density at radius 3 is 3.00 bits per heavy atom. The summed E-state index contributed by atoms with van der Waals surface area (Å²) in [5, 5.41) is 10.1. The molecule has 1 aromatic rings. The molecule has 0 N–H and O–H groups in total. The fourth-order valence-electron chi connectivity index (χ4n) is 1.09. The van der Waals surface area contributed by atoms with Crippen LogP contribution in [0, 0.1) is 10.1 Å². The normalized spacial score (nSPS) is 12.9. The van der Waals surface area contributed by atoms with Gasteiger partial charge in [0.2, 0.25) is 6.79 Å². The van der Waals surface area contributed by atoms with E-state index in [4.69, 9.17) is 9.47 Å². The SMILES string of the molecule is O=[N+]([O-])CSc1ccc2c(c1)OCO2. The van der Waals surface area contributed by atoms with E-state index >= 15 is 0 Å². The standard InChI is InChI=1S/C8H7NO4S/c10-9(11)4-14-6-1-2-7-8(3-6)13-5-12-7/h1-3H,4-5H2. The number of fused-ring (bicyclic) bond motifs is 1. The number of nitrogens with zero attached hydrogens (tertiary/aromatic N) is 1. The first-order valence-electron chi connectivity index (χ1n) is 3.90. The second-order valence-corrected chi connectivity index (χ2v) is 3.64. The van der Waals surface area contributed by atoms with E-state index < -0.39 is 0 Å². The van der Waals surface area contributed by atoms with Gasteiger partial charge in [-0.15, -0.1) is 0 Å². The van der Waals surface area contributed by atoms with Gasteiger partial charge in [-0.3, -0.25) is 10.1 Å². The molecule has 0 unspecified atom stereocenters. The highest BCUT2D eigenvalue weighted by molar-refractivity contribution is 7.99. The van der Waals surface area contributed by atoms with Gasteiger partial charge >= 0.3 is 0 Å². The molecule has 0 fully saturated rings. The zero-order valence-electron chi connectivity index (χ0n) is 7.13. The third kappa shape index (κ3) is 1.90. The minimum Gasteiger partial charge on any atom is -0.454 e. The van der Waals surface area contributed by atoms with Gasteiger partial charge in [-0.2, -0.15) is 0 Å². The highest BCUT2D eigenvalue weighted by Crippen LogP contribution is 2.35. The van der Waals surface area contributed by atoms with Gasteiger partial charge in [0.25, 0.3) is 5.88 Å². The minimum absolute atomic E-state index is 0.139. The monoisotopic (exact) mass is 213 g/mol. The van der Waals surface area contributed by atoms with Crippen LogP contribution in [0.1, 0.15) is 0 Å². The quantitative estimate of drug-likeness (QED) is 0.331. The van der Waals surface area contributed by atoms with Crippen LogP contribution >= 0.6 is 11.8 Å². The Morgan fingerprint density at radius 1 is 1.43 bits per heavy atom. The molecule has 0 aliphatic carbocycles. The van der Waals surface area contributed by atoms with Gasteiger partial charge in [-0.05, 0) is 30.0 Å². The van der Waals surface area contributed by atoms with E-state index in [1.165, 1.54) is 0 Å². The molecule has 0 spiro atoms. The van der Waals surface area contributed by atoms with Crippen LogP contribution < -0.4 is 9.47 Å². The van der Waals surface area contributed by atoms with Gasteiger partial charge in [0, 0.05) is 9.82 Å². The van der Waals surface area contributed by atoms with Crippen molar-refractivity contribution in [3.05, 3.63) is 28.3 Å². The van der Waals surface area contributed by atoms with Gasteiger partial charge in [-0.25, -0.2) is 0 Å². The highest BCUT2D eigenvalue weighted by atomic mass is 32.2. The maximum atomic E-state index is 10.1. The number of ether oxygens (including phenoxy) is 2. The predicted octanol–water partition coefficient (Wildman–Crippen LogP) is 1.74. The summed E-state index contributed by atoms with van der Waals surface area (Å²) in [6.07, 6.45) is 0. The first-order chi connectivity index (χ1) is 6.75. The second-order valence-electron chi connectivity index (χ2n) is 2.62.